The number of hydrogen-bond acceptors (Lipinski definition) is 4. The number of fused-ring (bicyclic) bond motifs is 1. The van der Waals surface area contributed by atoms with Gasteiger partial charge in [0.05, 0.1) is 0 Å². The van der Waals surface area contributed by atoms with Crippen LogP contribution < -0.4 is 11.1 Å². The minimum atomic E-state index is -0.114. The van der Waals surface area contributed by atoms with E-state index in [1.807, 2.05) is 18.2 Å². The number of amides is 2. The monoisotopic (exact) mass is 421 g/mol. The van der Waals surface area contributed by atoms with Crippen LogP contribution in [0.3, 0.4) is 0 Å². The lowest BCUT2D eigenvalue weighted by molar-refractivity contribution is -0.0503. The van der Waals surface area contributed by atoms with Gasteiger partial charge in [0, 0.05) is 31.9 Å². The van der Waals surface area contributed by atoms with E-state index in [1.54, 1.807) is 15.5 Å². The lowest BCUT2D eigenvalue weighted by Gasteiger charge is -2.56. The quantitative estimate of drug-likeness (QED) is 0.793. The molecule has 1 unspecified atom stereocenters. The summed E-state index contributed by atoms with van der Waals surface area (Å²) in [4.78, 5) is 32.2. The summed E-state index contributed by atoms with van der Waals surface area (Å²) < 4.78 is 1.75. The highest BCUT2D eigenvalue weighted by atomic mass is 16.2. The Balaban J connectivity index is 1.20. The molecule has 3 N–H and O–H groups in total. The Morgan fingerprint density at radius 2 is 1.84 bits per heavy atom. The fourth-order valence-electron chi connectivity index (χ4n) is 7.30. The summed E-state index contributed by atoms with van der Waals surface area (Å²) in [5, 5.41) is 3.25. The molecule has 7 heteroatoms. The molecule has 7 nitrogen and oxygen atoms in total. The van der Waals surface area contributed by atoms with Gasteiger partial charge < -0.3 is 16.0 Å². The molecule has 5 fully saturated rings. The molecule has 31 heavy (non-hydrogen) atoms. The molecule has 2 amide bonds. The third-order valence-corrected chi connectivity index (χ3v) is 8.24. The average Bonchev–Trinajstić information content (AvgIpc) is 3.36. The summed E-state index contributed by atoms with van der Waals surface area (Å²) in [6, 6.07) is 5.51. The number of likely N-dealkylation sites (tertiary alicyclic amines) is 1. The molecular weight excluding hydrogens is 390 g/mol. The minimum absolute atomic E-state index is 0.0342. The largest absolute Gasteiger partial charge is 0.350 e. The third-order valence-electron chi connectivity index (χ3n) is 8.24. The zero-order valence-corrected chi connectivity index (χ0v) is 17.9. The second-order valence-electron chi connectivity index (χ2n) is 10.7. The first-order valence-corrected chi connectivity index (χ1v) is 11.8. The summed E-state index contributed by atoms with van der Waals surface area (Å²) in [7, 11) is 0. The van der Waals surface area contributed by atoms with Crippen LogP contribution >= 0.6 is 0 Å². The predicted octanol–water partition coefficient (Wildman–Crippen LogP) is 2.45. The number of carbonyl (C=O) groups is 2. The Morgan fingerprint density at radius 1 is 1.13 bits per heavy atom. The first-order valence-electron chi connectivity index (χ1n) is 11.8. The van der Waals surface area contributed by atoms with Gasteiger partial charge in [-0.1, -0.05) is 6.07 Å². The summed E-state index contributed by atoms with van der Waals surface area (Å²) in [6.07, 6.45) is 10.5. The van der Waals surface area contributed by atoms with Gasteiger partial charge in [-0.3, -0.25) is 14.0 Å². The topological polar surface area (TPSA) is 92.7 Å². The van der Waals surface area contributed by atoms with Crippen molar-refractivity contribution in [3.63, 3.8) is 0 Å². The molecule has 3 heterocycles. The molecule has 1 aliphatic heterocycles. The number of pyridine rings is 1. The van der Waals surface area contributed by atoms with Crippen LogP contribution in [0, 0.1) is 23.2 Å². The summed E-state index contributed by atoms with van der Waals surface area (Å²) in [5.74, 6) is 2.41. The van der Waals surface area contributed by atoms with Crippen LogP contribution in [0.15, 0.2) is 24.4 Å². The van der Waals surface area contributed by atoms with Crippen molar-refractivity contribution in [3.05, 3.63) is 35.8 Å². The van der Waals surface area contributed by atoms with E-state index < -0.39 is 0 Å². The standard InChI is InChI=1S/C24H31N5O2/c25-18-4-5-28(12-18)23(31)19-13-29-20(2-1-3-21(29)27-19)22(30)26-14-24-9-15-6-16(10-24)8-17(7-15)11-24/h1-3,13,15-18H,4-12,14,25H2,(H,26,30). The van der Waals surface area contributed by atoms with Crippen LogP contribution in [0.4, 0.5) is 0 Å². The molecule has 2 aromatic rings. The number of nitrogens with one attached hydrogen (secondary N) is 1. The highest BCUT2D eigenvalue weighted by Gasteiger charge is 2.50. The van der Waals surface area contributed by atoms with E-state index in [9.17, 15) is 9.59 Å². The van der Waals surface area contributed by atoms with E-state index in [2.05, 4.69) is 10.3 Å². The molecule has 7 rings (SSSR count). The number of aromatic nitrogens is 2. The number of imidazole rings is 1. The number of rotatable bonds is 4. The number of carbonyl (C=O) groups excluding carboxylic acids is 2. The molecule has 1 atom stereocenters. The van der Waals surface area contributed by atoms with Crippen LogP contribution in [0.25, 0.3) is 5.65 Å². The first kappa shape index (κ1) is 19.3. The van der Waals surface area contributed by atoms with Crippen LogP contribution in [-0.4, -0.2) is 51.8 Å². The Hall–Kier alpha value is -2.41. The normalized spacial score (nSPS) is 33.9. The molecule has 0 radical (unpaired) electrons. The lowest BCUT2D eigenvalue weighted by atomic mass is 9.49. The van der Waals surface area contributed by atoms with Gasteiger partial charge in [0.2, 0.25) is 0 Å². The van der Waals surface area contributed by atoms with E-state index in [4.69, 9.17) is 5.73 Å². The van der Waals surface area contributed by atoms with Gasteiger partial charge in [-0.05, 0) is 80.2 Å². The number of nitrogens with two attached hydrogens (primary N) is 1. The molecule has 0 aromatic carbocycles. The van der Waals surface area contributed by atoms with Crippen molar-refractivity contribution in [2.75, 3.05) is 19.6 Å². The van der Waals surface area contributed by atoms with Crippen molar-refractivity contribution in [2.24, 2.45) is 28.9 Å². The molecule has 164 valence electrons. The van der Waals surface area contributed by atoms with Crippen molar-refractivity contribution in [1.29, 1.82) is 0 Å². The predicted molar refractivity (Wildman–Crippen MR) is 117 cm³/mol. The minimum Gasteiger partial charge on any atom is -0.350 e. The van der Waals surface area contributed by atoms with Crippen LogP contribution in [0.5, 0.6) is 0 Å². The Morgan fingerprint density at radius 3 is 2.48 bits per heavy atom. The second-order valence-corrected chi connectivity index (χ2v) is 10.7. The van der Waals surface area contributed by atoms with Crippen LogP contribution in [0.2, 0.25) is 0 Å². The van der Waals surface area contributed by atoms with Gasteiger partial charge >= 0.3 is 0 Å². The van der Waals surface area contributed by atoms with E-state index in [-0.39, 0.29) is 17.9 Å². The molecule has 4 saturated carbocycles. The lowest BCUT2D eigenvalue weighted by Crippen LogP contribution is -2.51. The summed E-state index contributed by atoms with van der Waals surface area (Å²) >= 11 is 0. The van der Waals surface area contributed by atoms with Crippen molar-refractivity contribution >= 4 is 17.5 Å². The van der Waals surface area contributed by atoms with Gasteiger partial charge in [-0.15, -0.1) is 0 Å². The summed E-state index contributed by atoms with van der Waals surface area (Å²) in [5.41, 5.74) is 7.77. The Bertz CT molecular complexity index is 1010. The molecular formula is C24H31N5O2. The van der Waals surface area contributed by atoms with Crippen molar-refractivity contribution in [3.8, 4) is 0 Å². The molecule has 0 spiro atoms. The van der Waals surface area contributed by atoms with Gasteiger partial charge in [0.15, 0.2) is 0 Å². The second kappa shape index (κ2) is 7.05. The average molecular weight is 422 g/mol. The van der Waals surface area contributed by atoms with Gasteiger partial charge in [-0.2, -0.15) is 0 Å². The highest BCUT2D eigenvalue weighted by molar-refractivity contribution is 5.95. The molecule has 4 bridgehead atoms. The SMILES string of the molecule is NC1CCN(C(=O)c2cn3c(C(=O)NCC45CC6CC(CC(C6)C4)C5)cccc3n2)C1. The van der Waals surface area contributed by atoms with E-state index in [0.717, 1.165) is 30.7 Å². The maximum atomic E-state index is 13.2. The van der Waals surface area contributed by atoms with Crippen molar-refractivity contribution < 1.29 is 9.59 Å². The molecule has 4 aliphatic carbocycles. The van der Waals surface area contributed by atoms with E-state index in [0.29, 0.717) is 35.5 Å². The molecule has 2 aromatic heterocycles. The van der Waals surface area contributed by atoms with Crippen LogP contribution in [0.1, 0.15) is 65.9 Å². The summed E-state index contributed by atoms with van der Waals surface area (Å²) in [6.45, 7) is 1.98. The smallest absolute Gasteiger partial charge is 0.274 e. The maximum absolute atomic E-state index is 13.2. The van der Waals surface area contributed by atoms with Crippen molar-refractivity contribution in [2.45, 2.75) is 51.0 Å². The van der Waals surface area contributed by atoms with E-state index in [1.165, 1.54) is 38.5 Å². The maximum Gasteiger partial charge on any atom is 0.274 e. The van der Waals surface area contributed by atoms with Gasteiger partial charge in [-0.25, -0.2) is 4.98 Å². The fourth-order valence-corrected chi connectivity index (χ4v) is 7.30. The first-order chi connectivity index (χ1) is 15.0. The van der Waals surface area contributed by atoms with Gasteiger partial charge in [0.1, 0.15) is 17.0 Å². The zero-order chi connectivity index (χ0) is 21.2. The number of nitrogens with zero attached hydrogens (tertiary/aromatic N) is 3. The molecule has 1 saturated heterocycles. The van der Waals surface area contributed by atoms with Gasteiger partial charge in [0.25, 0.3) is 11.8 Å². The number of hydrogen-bond donors (Lipinski definition) is 2. The van der Waals surface area contributed by atoms with Crippen LogP contribution in [-0.2, 0) is 0 Å². The van der Waals surface area contributed by atoms with Crippen molar-refractivity contribution in [1.82, 2.24) is 19.6 Å². The fraction of sp³-hybridized carbons (Fsp3) is 0.625. The highest BCUT2D eigenvalue weighted by Crippen LogP contribution is 2.59. The third kappa shape index (κ3) is 3.34. The zero-order valence-electron chi connectivity index (χ0n) is 17.9. The Kier molecular flexibility index (Phi) is 4.39. The molecule has 5 aliphatic rings. The van der Waals surface area contributed by atoms with E-state index >= 15 is 0 Å². The Labute approximate surface area is 182 Å².